The molecule has 0 saturated heterocycles. The molecule has 26 heavy (non-hydrogen) atoms. The lowest BCUT2D eigenvalue weighted by atomic mass is 10.3. The molecule has 0 bridgehead atoms. The number of anilines is 1. The summed E-state index contributed by atoms with van der Waals surface area (Å²) in [5.74, 6) is 0. The summed E-state index contributed by atoms with van der Waals surface area (Å²) in [6.07, 6.45) is 3.06. The van der Waals surface area contributed by atoms with E-state index in [9.17, 15) is 16.8 Å². The van der Waals surface area contributed by atoms with Crippen molar-refractivity contribution >= 4 is 48.7 Å². The first-order valence-electron chi connectivity index (χ1n) is 8.02. The average Bonchev–Trinajstić information content (AvgIpc) is 3.12. The molecule has 1 N–H and O–H groups in total. The van der Waals surface area contributed by atoms with Gasteiger partial charge in [0.05, 0.1) is 20.9 Å². The van der Waals surface area contributed by atoms with Gasteiger partial charge in [0.2, 0.25) is 0 Å². The van der Waals surface area contributed by atoms with Crippen molar-refractivity contribution in [2.24, 2.45) is 0 Å². The van der Waals surface area contributed by atoms with Crippen molar-refractivity contribution < 1.29 is 16.8 Å². The van der Waals surface area contributed by atoms with Crippen LogP contribution in [0.5, 0.6) is 0 Å². The van der Waals surface area contributed by atoms with Gasteiger partial charge in [0.15, 0.2) is 9.84 Å². The molecular weight excluding hydrogens is 417 g/mol. The molecular formula is C17H17Cl2NO4S2. The molecule has 0 amide bonds. The second-order valence-corrected chi connectivity index (χ2v) is 10.9. The second-order valence-electron chi connectivity index (χ2n) is 6.16. The van der Waals surface area contributed by atoms with Gasteiger partial charge in [-0.05, 0) is 49.2 Å². The number of benzene rings is 2. The van der Waals surface area contributed by atoms with E-state index in [1.165, 1.54) is 42.5 Å². The molecule has 2 aromatic rings. The number of nitrogens with one attached hydrogen (secondary N) is 1. The predicted octanol–water partition coefficient (Wildman–Crippen LogP) is 4.51. The van der Waals surface area contributed by atoms with E-state index in [0.717, 1.165) is 12.8 Å². The van der Waals surface area contributed by atoms with Crippen molar-refractivity contribution in [3.05, 3.63) is 52.5 Å². The van der Waals surface area contributed by atoms with Gasteiger partial charge in [-0.1, -0.05) is 42.1 Å². The Hall–Kier alpha value is -1.28. The van der Waals surface area contributed by atoms with Gasteiger partial charge in [-0.2, -0.15) is 0 Å². The van der Waals surface area contributed by atoms with Crippen LogP contribution < -0.4 is 4.72 Å². The summed E-state index contributed by atoms with van der Waals surface area (Å²) in [5.41, 5.74) is 0.153. The van der Waals surface area contributed by atoms with E-state index in [-0.39, 0.29) is 25.5 Å². The summed E-state index contributed by atoms with van der Waals surface area (Å²) >= 11 is 11.8. The van der Waals surface area contributed by atoms with Crippen LogP contribution in [0.15, 0.2) is 52.3 Å². The van der Waals surface area contributed by atoms with Crippen LogP contribution in [0.4, 0.5) is 5.69 Å². The fourth-order valence-corrected chi connectivity index (χ4v) is 6.73. The Bertz CT molecular complexity index is 1030. The van der Waals surface area contributed by atoms with Crippen molar-refractivity contribution in [1.29, 1.82) is 0 Å². The number of hydrogen-bond donors (Lipinski definition) is 1. The van der Waals surface area contributed by atoms with E-state index in [0.29, 0.717) is 12.8 Å². The molecule has 1 aliphatic carbocycles. The maximum Gasteiger partial charge on any atom is 0.263 e. The van der Waals surface area contributed by atoms with Crippen LogP contribution in [-0.2, 0) is 19.9 Å². The maximum absolute atomic E-state index is 12.7. The van der Waals surface area contributed by atoms with Crippen LogP contribution in [0.1, 0.15) is 25.7 Å². The highest BCUT2D eigenvalue weighted by atomic mass is 35.5. The van der Waals surface area contributed by atoms with Gasteiger partial charge in [0, 0.05) is 5.02 Å². The molecule has 0 aliphatic heterocycles. The molecule has 3 rings (SSSR count). The Morgan fingerprint density at radius 1 is 0.923 bits per heavy atom. The SMILES string of the molecule is O=S(=O)(Nc1cccc(S(=O)(=O)C2CCCC2)c1)c1cc(Cl)ccc1Cl. The second kappa shape index (κ2) is 7.38. The first kappa shape index (κ1) is 19.5. The van der Waals surface area contributed by atoms with Crippen LogP contribution in [0.2, 0.25) is 10.0 Å². The average molecular weight is 434 g/mol. The summed E-state index contributed by atoms with van der Waals surface area (Å²) < 4.78 is 53.0. The van der Waals surface area contributed by atoms with E-state index in [1.807, 2.05) is 0 Å². The van der Waals surface area contributed by atoms with E-state index >= 15 is 0 Å². The number of hydrogen-bond acceptors (Lipinski definition) is 4. The standard InChI is InChI=1S/C17H17Cl2NO4S2/c18-12-8-9-16(19)17(10-12)26(23,24)20-13-4-3-7-15(11-13)25(21,22)14-5-1-2-6-14/h3-4,7-11,14,20H,1-2,5-6H2. The molecule has 9 heteroatoms. The summed E-state index contributed by atoms with van der Waals surface area (Å²) in [7, 11) is -7.49. The number of sulfone groups is 1. The smallest absolute Gasteiger partial charge is 0.263 e. The molecule has 1 saturated carbocycles. The molecule has 0 atom stereocenters. The first-order valence-corrected chi connectivity index (χ1v) is 11.8. The van der Waals surface area contributed by atoms with E-state index in [4.69, 9.17) is 23.2 Å². The molecule has 0 radical (unpaired) electrons. The Morgan fingerprint density at radius 3 is 2.31 bits per heavy atom. The Morgan fingerprint density at radius 2 is 1.62 bits per heavy atom. The van der Waals surface area contributed by atoms with Crippen LogP contribution in [0.25, 0.3) is 0 Å². The van der Waals surface area contributed by atoms with Crippen molar-refractivity contribution in [1.82, 2.24) is 0 Å². The van der Waals surface area contributed by atoms with Gasteiger partial charge in [-0.3, -0.25) is 4.72 Å². The summed E-state index contributed by atoms with van der Waals surface area (Å²) in [4.78, 5) is -0.0579. The molecule has 1 fully saturated rings. The Labute approximate surface area is 163 Å². The molecule has 2 aromatic carbocycles. The molecule has 0 heterocycles. The topological polar surface area (TPSA) is 80.3 Å². The van der Waals surface area contributed by atoms with Gasteiger partial charge < -0.3 is 0 Å². The van der Waals surface area contributed by atoms with Crippen LogP contribution in [-0.4, -0.2) is 22.1 Å². The fraction of sp³-hybridized carbons (Fsp3) is 0.294. The number of rotatable bonds is 5. The van der Waals surface area contributed by atoms with E-state index in [2.05, 4.69) is 4.72 Å². The normalized spacial score (nSPS) is 15.9. The van der Waals surface area contributed by atoms with E-state index < -0.39 is 25.1 Å². The number of sulfonamides is 1. The Balaban J connectivity index is 1.92. The van der Waals surface area contributed by atoms with Gasteiger partial charge >= 0.3 is 0 Å². The molecule has 1 aliphatic rings. The highest BCUT2D eigenvalue weighted by Crippen LogP contribution is 2.31. The van der Waals surface area contributed by atoms with Gasteiger partial charge in [-0.25, -0.2) is 16.8 Å². The van der Waals surface area contributed by atoms with Gasteiger partial charge in [-0.15, -0.1) is 0 Å². The third-order valence-electron chi connectivity index (χ3n) is 4.34. The molecule has 0 spiro atoms. The minimum absolute atomic E-state index is 0.0247. The van der Waals surface area contributed by atoms with Crippen molar-refractivity contribution in [2.75, 3.05) is 4.72 Å². The molecule has 0 unspecified atom stereocenters. The molecule has 5 nitrogen and oxygen atoms in total. The third-order valence-corrected chi connectivity index (χ3v) is 8.70. The minimum Gasteiger partial charge on any atom is -0.280 e. The lowest BCUT2D eigenvalue weighted by Crippen LogP contribution is -2.18. The maximum atomic E-state index is 12.7. The summed E-state index contributed by atoms with van der Waals surface area (Å²) in [5, 5.41) is -0.152. The largest absolute Gasteiger partial charge is 0.280 e. The van der Waals surface area contributed by atoms with E-state index in [1.54, 1.807) is 0 Å². The summed E-state index contributed by atoms with van der Waals surface area (Å²) in [6.45, 7) is 0. The highest BCUT2D eigenvalue weighted by molar-refractivity contribution is 7.93. The third kappa shape index (κ3) is 4.01. The van der Waals surface area contributed by atoms with Crippen LogP contribution in [0, 0.1) is 0 Å². The zero-order valence-electron chi connectivity index (χ0n) is 13.7. The van der Waals surface area contributed by atoms with Gasteiger partial charge in [0.25, 0.3) is 10.0 Å². The van der Waals surface area contributed by atoms with Crippen LogP contribution in [0.3, 0.4) is 0 Å². The summed E-state index contributed by atoms with van der Waals surface area (Å²) in [6, 6.07) is 9.94. The van der Waals surface area contributed by atoms with Crippen molar-refractivity contribution in [3.63, 3.8) is 0 Å². The zero-order valence-corrected chi connectivity index (χ0v) is 16.8. The lowest BCUT2D eigenvalue weighted by molar-refractivity contribution is 0.579. The first-order chi connectivity index (χ1) is 12.2. The lowest BCUT2D eigenvalue weighted by Gasteiger charge is -2.14. The van der Waals surface area contributed by atoms with Crippen molar-refractivity contribution in [3.8, 4) is 0 Å². The number of halogens is 2. The Kier molecular flexibility index (Phi) is 5.53. The quantitative estimate of drug-likeness (QED) is 0.751. The monoisotopic (exact) mass is 433 g/mol. The molecule has 140 valence electrons. The predicted molar refractivity (Wildman–Crippen MR) is 103 cm³/mol. The zero-order chi connectivity index (χ0) is 18.9. The minimum atomic E-state index is -4.01. The van der Waals surface area contributed by atoms with Crippen molar-refractivity contribution in [2.45, 2.75) is 40.7 Å². The highest BCUT2D eigenvalue weighted by Gasteiger charge is 2.30. The van der Waals surface area contributed by atoms with Gasteiger partial charge in [0.1, 0.15) is 4.90 Å². The van der Waals surface area contributed by atoms with Crippen LogP contribution >= 0.6 is 23.2 Å². The molecule has 0 aromatic heterocycles. The fourth-order valence-electron chi connectivity index (χ4n) is 3.02.